The van der Waals surface area contributed by atoms with Gasteiger partial charge in [-0.2, -0.15) is 13.2 Å². The Balaban J connectivity index is 1.46. The quantitative estimate of drug-likeness (QED) is 0.641. The average molecular weight is 415 g/mol. The largest absolute Gasteiger partial charge is 0.493 e. The highest BCUT2D eigenvalue weighted by molar-refractivity contribution is 6.32. The summed E-state index contributed by atoms with van der Waals surface area (Å²) < 4.78 is 55.0. The highest BCUT2D eigenvalue weighted by Gasteiger charge is 2.76. The van der Waals surface area contributed by atoms with E-state index < -0.39 is 17.2 Å². The first kappa shape index (κ1) is 19.2. The second-order valence-electron chi connectivity index (χ2n) is 7.31. The highest BCUT2D eigenvalue weighted by Crippen LogP contribution is 2.67. The van der Waals surface area contributed by atoms with E-state index in [2.05, 4.69) is 0 Å². The topological polar surface area (TPSA) is 44.8 Å². The van der Waals surface area contributed by atoms with E-state index in [0.29, 0.717) is 18.8 Å². The first-order valence-electron chi connectivity index (χ1n) is 8.96. The lowest BCUT2D eigenvalue weighted by molar-refractivity contribution is -0.151. The van der Waals surface area contributed by atoms with Crippen molar-refractivity contribution in [1.82, 2.24) is 0 Å². The summed E-state index contributed by atoms with van der Waals surface area (Å²) in [7, 11) is 0. The second-order valence-corrected chi connectivity index (χ2v) is 7.72. The maximum Gasteiger partial charge on any atom is 0.416 e. The molecule has 0 spiro atoms. The van der Waals surface area contributed by atoms with E-state index in [4.69, 9.17) is 25.8 Å². The summed E-state index contributed by atoms with van der Waals surface area (Å²) in [6, 6.07) is 2.95. The molecule has 28 heavy (non-hydrogen) atoms. The number of ether oxygens (including phenoxy) is 3. The molecular weight excluding hydrogens is 397 g/mol. The minimum absolute atomic E-state index is 0.0604. The lowest BCUT2D eigenvalue weighted by atomic mass is 9.88. The fourth-order valence-corrected chi connectivity index (χ4v) is 4.30. The zero-order valence-electron chi connectivity index (χ0n) is 15.2. The monoisotopic (exact) mass is 414 g/mol. The number of halogens is 4. The zero-order valence-corrected chi connectivity index (χ0v) is 15.9. The molecule has 0 N–H and O–H groups in total. The Morgan fingerprint density at radius 2 is 2.14 bits per heavy atom. The van der Waals surface area contributed by atoms with E-state index in [9.17, 15) is 18.0 Å². The van der Waals surface area contributed by atoms with Crippen LogP contribution >= 0.6 is 11.6 Å². The Morgan fingerprint density at radius 1 is 1.39 bits per heavy atom. The van der Waals surface area contributed by atoms with Gasteiger partial charge in [-0.1, -0.05) is 11.6 Å². The average Bonchev–Trinajstić information content (AvgIpc) is 3.03. The second kappa shape index (κ2) is 6.44. The van der Waals surface area contributed by atoms with Crippen molar-refractivity contribution in [3.8, 4) is 5.75 Å². The van der Waals surface area contributed by atoms with Crippen LogP contribution in [0.4, 0.5) is 13.2 Å². The van der Waals surface area contributed by atoms with Gasteiger partial charge in [0.05, 0.1) is 17.2 Å². The molecule has 8 heteroatoms. The minimum Gasteiger partial charge on any atom is -0.493 e. The number of carbonyl (C=O) groups is 1. The minimum atomic E-state index is -4.47. The van der Waals surface area contributed by atoms with Gasteiger partial charge in [-0.25, -0.2) is 0 Å². The smallest absolute Gasteiger partial charge is 0.416 e. The van der Waals surface area contributed by atoms with E-state index in [-0.39, 0.29) is 34.7 Å². The van der Waals surface area contributed by atoms with Crippen LogP contribution in [-0.2, 0) is 20.4 Å². The van der Waals surface area contributed by atoms with Crippen LogP contribution in [-0.4, -0.2) is 18.7 Å². The van der Waals surface area contributed by atoms with Gasteiger partial charge < -0.3 is 14.2 Å². The first-order chi connectivity index (χ1) is 13.2. The molecule has 4 nitrogen and oxygen atoms in total. The van der Waals surface area contributed by atoms with Crippen molar-refractivity contribution in [3.63, 3.8) is 0 Å². The number of allylic oxidation sites excluding steroid dienone is 3. The standard InChI is InChI=1S/C20H18ClF3O4/c1-3-26-18(25)19(2)16-12-6-5-11(9-15(12)28-17(16)19)27-14-7-4-10(8-13(14)21)20(22,23)24/h4-5,7-9,12,16-17H,3,6H2,1-2H3/t12?,16-,17+,19+/m0/s1. The molecule has 1 unspecified atom stereocenters. The maximum absolute atomic E-state index is 12.7. The highest BCUT2D eigenvalue weighted by atomic mass is 35.5. The van der Waals surface area contributed by atoms with Gasteiger partial charge in [-0.3, -0.25) is 4.79 Å². The molecule has 1 saturated heterocycles. The van der Waals surface area contributed by atoms with Gasteiger partial charge in [0.1, 0.15) is 28.8 Å². The Kier molecular flexibility index (Phi) is 4.41. The molecular formula is C20H18ClF3O4. The van der Waals surface area contributed by atoms with Crippen molar-refractivity contribution in [2.75, 3.05) is 6.61 Å². The van der Waals surface area contributed by atoms with Crippen LogP contribution in [0.25, 0.3) is 0 Å². The van der Waals surface area contributed by atoms with Crippen molar-refractivity contribution in [2.45, 2.75) is 32.5 Å². The number of fused-ring (bicyclic) bond motifs is 3. The Hall–Kier alpha value is -2.15. The molecule has 1 aromatic rings. The van der Waals surface area contributed by atoms with E-state index in [1.807, 2.05) is 13.0 Å². The molecule has 2 fully saturated rings. The predicted octanol–water partition coefficient (Wildman–Crippen LogP) is 5.12. The Bertz CT molecular complexity index is 892. The van der Waals surface area contributed by atoms with E-state index in [0.717, 1.165) is 17.9 Å². The molecule has 0 bridgehead atoms. The van der Waals surface area contributed by atoms with E-state index >= 15 is 0 Å². The van der Waals surface area contributed by atoms with Gasteiger partial charge in [0.2, 0.25) is 0 Å². The van der Waals surface area contributed by atoms with Crippen LogP contribution in [0.1, 0.15) is 25.8 Å². The fraction of sp³-hybridized carbons (Fsp3) is 0.450. The molecule has 3 aliphatic rings. The molecule has 1 aromatic carbocycles. The molecule has 4 atom stereocenters. The van der Waals surface area contributed by atoms with Gasteiger partial charge in [-0.15, -0.1) is 0 Å². The Morgan fingerprint density at radius 3 is 2.79 bits per heavy atom. The summed E-state index contributed by atoms with van der Waals surface area (Å²) in [6.07, 6.45) is -0.538. The molecule has 1 heterocycles. The third-order valence-corrected chi connectivity index (χ3v) is 5.92. The summed E-state index contributed by atoms with van der Waals surface area (Å²) in [4.78, 5) is 12.2. The van der Waals surface area contributed by atoms with Crippen molar-refractivity contribution in [2.24, 2.45) is 17.3 Å². The summed E-state index contributed by atoms with van der Waals surface area (Å²) in [6.45, 7) is 3.95. The number of esters is 1. The Labute approximate surface area is 164 Å². The maximum atomic E-state index is 12.7. The number of hydrogen-bond acceptors (Lipinski definition) is 4. The number of carbonyl (C=O) groups excluding carboxylic acids is 1. The van der Waals surface area contributed by atoms with Gasteiger partial charge in [-0.05, 0) is 44.5 Å². The molecule has 0 radical (unpaired) electrons. The number of alkyl halides is 3. The summed E-state index contributed by atoms with van der Waals surface area (Å²) in [5, 5.41) is -0.124. The van der Waals surface area contributed by atoms with Crippen molar-refractivity contribution < 1.29 is 32.2 Å². The molecule has 0 aromatic heterocycles. The molecule has 4 rings (SSSR count). The summed E-state index contributed by atoms with van der Waals surface area (Å²) >= 11 is 5.94. The third kappa shape index (κ3) is 2.96. The van der Waals surface area contributed by atoms with Gasteiger partial charge in [0, 0.05) is 17.9 Å². The van der Waals surface area contributed by atoms with Crippen molar-refractivity contribution in [1.29, 1.82) is 0 Å². The van der Waals surface area contributed by atoms with Crippen LogP contribution in [0.3, 0.4) is 0 Å². The lowest BCUT2D eigenvalue weighted by Crippen LogP contribution is -2.26. The van der Waals surface area contributed by atoms with Gasteiger partial charge in [0.25, 0.3) is 0 Å². The van der Waals surface area contributed by atoms with E-state index in [1.54, 1.807) is 13.0 Å². The van der Waals surface area contributed by atoms with Crippen LogP contribution in [0, 0.1) is 17.3 Å². The molecule has 150 valence electrons. The van der Waals surface area contributed by atoms with Gasteiger partial charge in [0.15, 0.2) is 0 Å². The van der Waals surface area contributed by atoms with Crippen molar-refractivity contribution in [3.05, 3.63) is 52.5 Å². The third-order valence-electron chi connectivity index (χ3n) is 5.62. The van der Waals surface area contributed by atoms with Gasteiger partial charge >= 0.3 is 12.1 Å². The van der Waals surface area contributed by atoms with Crippen LogP contribution in [0.2, 0.25) is 5.02 Å². The molecule has 1 aliphatic heterocycles. The lowest BCUT2D eigenvalue weighted by Gasteiger charge is -2.24. The summed E-state index contributed by atoms with van der Waals surface area (Å²) in [5.41, 5.74) is -1.46. The molecule has 0 amide bonds. The zero-order chi connectivity index (χ0) is 20.3. The summed E-state index contributed by atoms with van der Waals surface area (Å²) in [5.74, 6) is 1.19. The predicted molar refractivity (Wildman–Crippen MR) is 94.5 cm³/mol. The first-order valence-corrected chi connectivity index (χ1v) is 9.34. The normalized spacial score (nSPS) is 30.4. The van der Waals surface area contributed by atoms with Crippen LogP contribution < -0.4 is 4.74 Å². The van der Waals surface area contributed by atoms with Crippen LogP contribution in [0.5, 0.6) is 5.75 Å². The fourth-order valence-electron chi connectivity index (χ4n) is 4.08. The number of rotatable bonds is 4. The molecule has 1 saturated carbocycles. The SMILES string of the molecule is CCOC(=O)[C@@]1(C)[C@@H]2OC3=CC(Oc4ccc(C(F)(F)F)cc4Cl)=CCC3[C@@H]21. The van der Waals surface area contributed by atoms with Crippen molar-refractivity contribution >= 4 is 17.6 Å². The number of benzene rings is 1. The van der Waals surface area contributed by atoms with Crippen LogP contribution in [0.15, 0.2) is 41.9 Å². The van der Waals surface area contributed by atoms with E-state index in [1.165, 1.54) is 6.07 Å². The molecule has 2 aliphatic carbocycles. The number of hydrogen-bond donors (Lipinski definition) is 0.